The highest BCUT2D eigenvalue weighted by molar-refractivity contribution is 7.99. The van der Waals surface area contributed by atoms with Crippen LogP contribution in [0.4, 0.5) is 0 Å². The zero-order valence-electron chi connectivity index (χ0n) is 13.5. The first-order valence-electron chi connectivity index (χ1n) is 7.40. The van der Waals surface area contributed by atoms with Crippen LogP contribution in [0.3, 0.4) is 0 Å². The zero-order valence-corrected chi connectivity index (χ0v) is 14.3. The van der Waals surface area contributed by atoms with Crippen LogP contribution in [0.2, 0.25) is 0 Å². The monoisotopic (exact) mass is 356 g/mol. The van der Waals surface area contributed by atoms with E-state index in [2.05, 4.69) is 5.32 Å². The van der Waals surface area contributed by atoms with E-state index in [0.29, 0.717) is 24.7 Å². The van der Waals surface area contributed by atoms with Gasteiger partial charge in [-0.3, -0.25) is 9.59 Å². The summed E-state index contributed by atoms with van der Waals surface area (Å²) in [6, 6.07) is 2.74. The van der Waals surface area contributed by atoms with Crippen molar-refractivity contribution >= 4 is 29.5 Å². The third-order valence-corrected chi connectivity index (χ3v) is 4.68. The van der Waals surface area contributed by atoms with Gasteiger partial charge >= 0.3 is 5.97 Å². The van der Waals surface area contributed by atoms with Crippen molar-refractivity contribution in [3.05, 3.63) is 24.2 Å². The third-order valence-electron chi connectivity index (χ3n) is 3.40. The number of nitrogens with one attached hydrogen (secondary N) is 1. The van der Waals surface area contributed by atoms with Crippen molar-refractivity contribution in [2.24, 2.45) is 0 Å². The van der Waals surface area contributed by atoms with E-state index in [4.69, 9.17) is 13.9 Å². The largest absolute Gasteiger partial charge is 0.466 e. The number of hydrogen-bond acceptors (Lipinski definition) is 7. The predicted molar refractivity (Wildman–Crippen MR) is 86.1 cm³/mol. The molecule has 0 radical (unpaired) electrons. The quantitative estimate of drug-likeness (QED) is 0.563. The topological polar surface area (TPSA) is 98.1 Å². The van der Waals surface area contributed by atoms with Crippen molar-refractivity contribution in [2.45, 2.75) is 18.3 Å². The molecule has 9 heteroatoms. The smallest absolute Gasteiger partial charge is 0.330 e. The summed E-state index contributed by atoms with van der Waals surface area (Å²) in [5.74, 6) is -0.290. The van der Waals surface area contributed by atoms with Gasteiger partial charge in [-0.1, -0.05) is 0 Å². The van der Waals surface area contributed by atoms with Crippen molar-refractivity contribution in [1.82, 2.24) is 10.2 Å². The van der Waals surface area contributed by atoms with Crippen LogP contribution in [0.15, 0.2) is 22.8 Å². The minimum Gasteiger partial charge on any atom is -0.466 e. The molecule has 132 valence electrons. The Labute approximate surface area is 143 Å². The third kappa shape index (κ3) is 4.51. The maximum atomic E-state index is 12.2. The van der Waals surface area contributed by atoms with Gasteiger partial charge in [0.25, 0.3) is 5.91 Å². The maximum Gasteiger partial charge on any atom is 0.330 e. The number of rotatable bonds is 7. The normalized spacial score (nSPS) is 20.0. The summed E-state index contributed by atoms with van der Waals surface area (Å²) in [6.45, 7) is 1.72. The molecule has 1 aromatic heterocycles. The fourth-order valence-corrected chi connectivity index (χ4v) is 3.72. The Morgan fingerprint density at radius 1 is 1.46 bits per heavy atom. The minimum atomic E-state index is -0.741. The lowest BCUT2D eigenvalue weighted by Gasteiger charge is -2.25. The molecule has 0 bridgehead atoms. The van der Waals surface area contributed by atoms with Crippen molar-refractivity contribution in [3.8, 4) is 0 Å². The van der Waals surface area contributed by atoms with Gasteiger partial charge < -0.3 is 24.1 Å². The second-order valence-electron chi connectivity index (χ2n) is 5.09. The first-order valence-corrected chi connectivity index (χ1v) is 8.45. The van der Waals surface area contributed by atoms with E-state index in [1.807, 2.05) is 0 Å². The van der Waals surface area contributed by atoms with Gasteiger partial charge in [0.05, 0.1) is 12.9 Å². The van der Waals surface area contributed by atoms with Gasteiger partial charge in [-0.2, -0.15) is 0 Å². The first-order chi connectivity index (χ1) is 11.5. The Morgan fingerprint density at radius 3 is 2.88 bits per heavy atom. The molecule has 0 aliphatic carbocycles. The van der Waals surface area contributed by atoms with Crippen LogP contribution in [0, 0.1) is 0 Å². The second kappa shape index (κ2) is 8.74. The number of nitrogens with zero attached hydrogens (tertiary/aromatic N) is 1. The molecule has 1 saturated heterocycles. The molecule has 24 heavy (non-hydrogen) atoms. The highest BCUT2D eigenvalue weighted by Gasteiger charge is 2.43. The summed E-state index contributed by atoms with van der Waals surface area (Å²) in [5.41, 5.74) is 0. The van der Waals surface area contributed by atoms with Gasteiger partial charge in [-0.05, 0) is 12.1 Å². The summed E-state index contributed by atoms with van der Waals surface area (Å²) in [6.07, 6.45) is 1.52. The predicted octanol–water partition coefficient (Wildman–Crippen LogP) is 0.548. The van der Waals surface area contributed by atoms with Crippen LogP contribution < -0.4 is 5.32 Å². The lowest BCUT2D eigenvalue weighted by Crippen LogP contribution is -2.43. The number of hydrogen-bond donors (Lipinski definition) is 1. The van der Waals surface area contributed by atoms with Crippen LogP contribution >= 0.6 is 11.8 Å². The molecular weight excluding hydrogens is 336 g/mol. The van der Waals surface area contributed by atoms with Gasteiger partial charge in [-0.25, -0.2) is 4.79 Å². The molecule has 0 unspecified atom stereocenters. The molecule has 0 aromatic carbocycles. The molecule has 2 heterocycles. The SMILES string of the molecule is COCCNC(=O)COC(=O)[C@H]1CS[C@@H](c2ccco2)N1C(C)=O. The van der Waals surface area contributed by atoms with Crippen molar-refractivity contribution in [2.75, 3.05) is 32.6 Å². The lowest BCUT2D eigenvalue weighted by atomic mass is 10.2. The van der Waals surface area contributed by atoms with E-state index in [9.17, 15) is 14.4 Å². The zero-order chi connectivity index (χ0) is 17.5. The molecule has 1 aliphatic heterocycles. The van der Waals surface area contributed by atoms with Gasteiger partial charge in [0.2, 0.25) is 5.91 Å². The van der Waals surface area contributed by atoms with Crippen LogP contribution in [-0.4, -0.2) is 61.3 Å². The second-order valence-corrected chi connectivity index (χ2v) is 6.21. The van der Waals surface area contributed by atoms with E-state index in [-0.39, 0.29) is 17.9 Å². The molecule has 1 fully saturated rings. The summed E-state index contributed by atoms with van der Waals surface area (Å²) in [5, 5.41) is 2.18. The fourth-order valence-electron chi connectivity index (χ4n) is 2.30. The van der Waals surface area contributed by atoms with Crippen molar-refractivity contribution < 1.29 is 28.3 Å². The molecule has 0 spiro atoms. The molecule has 2 amide bonds. The molecule has 2 rings (SSSR count). The number of thioether (sulfide) groups is 1. The molecule has 1 aromatic rings. The number of ether oxygens (including phenoxy) is 2. The van der Waals surface area contributed by atoms with Crippen molar-refractivity contribution in [3.63, 3.8) is 0 Å². The van der Waals surface area contributed by atoms with Crippen molar-refractivity contribution in [1.29, 1.82) is 0 Å². The van der Waals surface area contributed by atoms with Crippen LogP contribution in [0.5, 0.6) is 0 Å². The number of carbonyl (C=O) groups excluding carboxylic acids is 3. The van der Waals surface area contributed by atoms with E-state index in [0.717, 1.165) is 0 Å². The Hall–Kier alpha value is -2.00. The lowest BCUT2D eigenvalue weighted by molar-refractivity contribution is -0.156. The molecular formula is C15H20N2O6S. The average molecular weight is 356 g/mol. The van der Waals surface area contributed by atoms with Crippen LogP contribution in [-0.2, 0) is 23.9 Å². The van der Waals surface area contributed by atoms with E-state index >= 15 is 0 Å². The van der Waals surface area contributed by atoms with Gasteiger partial charge in [0, 0.05) is 26.3 Å². The molecule has 8 nitrogen and oxygen atoms in total. The minimum absolute atomic E-state index is 0.257. The molecule has 1 aliphatic rings. The number of esters is 1. The van der Waals surface area contributed by atoms with Gasteiger partial charge in [0.1, 0.15) is 17.2 Å². The summed E-state index contributed by atoms with van der Waals surface area (Å²) in [7, 11) is 1.52. The van der Waals surface area contributed by atoms with Crippen LogP contribution in [0.25, 0.3) is 0 Å². The number of methoxy groups -OCH3 is 1. The highest BCUT2D eigenvalue weighted by Crippen LogP contribution is 2.41. The number of furan rings is 1. The maximum absolute atomic E-state index is 12.2. The number of amides is 2. The molecule has 0 saturated carbocycles. The molecule has 1 N–H and O–H groups in total. The fraction of sp³-hybridized carbons (Fsp3) is 0.533. The summed E-state index contributed by atoms with van der Waals surface area (Å²) < 4.78 is 15.2. The highest BCUT2D eigenvalue weighted by atomic mass is 32.2. The Balaban J connectivity index is 1.91. The summed E-state index contributed by atoms with van der Waals surface area (Å²) >= 11 is 1.42. The van der Waals surface area contributed by atoms with E-state index in [1.165, 1.54) is 37.0 Å². The standard InChI is InChI=1S/C15H20N2O6S/c1-10(18)17-11(9-24-14(17)12-4-3-6-22-12)15(20)23-8-13(19)16-5-7-21-2/h3-4,6,11,14H,5,7-9H2,1-2H3,(H,16,19)/t11-,14+/m1/s1. The number of carbonyl (C=O) groups is 3. The Bertz CT molecular complexity index is 577. The Kier molecular flexibility index (Phi) is 6.68. The molecule has 2 atom stereocenters. The van der Waals surface area contributed by atoms with Crippen LogP contribution in [0.1, 0.15) is 18.1 Å². The average Bonchev–Trinajstić information content (AvgIpc) is 3.21. The van der Waals surface area contributed by atoms with Gasteiger partial charge in [-0.15, -0.1) is 11.8 Å². The first kappa shape index (κ1) is 18.3. The Morgan fingerprint density at radius 2 is 2.25 bits per heavy atom. The van der Waals surface area contributed by atoms with Gasteiger partial charge in [0.15, 0.2) is 6.61 Å². The summed E-state index contributed by atoms with van der Waals surface area (Å²) in [4.78, 5) is 37.2. The van der Waals surface area contributed by atoms with E-state index in [1.54, 1.807) is 12.1 Å². The van der Waals surface area contributed by atoms with E-state index < -0.39 is 17.9 Å².